The molecule has 2 aromatic carbocycles. The Morgan fingerprint density at radius 1 is 1.19 bits per heavy atom. The highest BCUT2D eigenvalue weighted by Gasteiger charge is 2.51. The molecular formula is C21H22BrNO3S. The maximum Gasteiger partial charge on any atom is 0.264 e. The van der Waals surface area contributed by atoms with Crippen LogP contribution in [-0.2, 0) is 21.7 Å². The summed E-state index contributed by atoms with van der Waals surface area (Å²) in [4.78, 5) is 27.3. The monoisotopic (exact) mass is 447 g/mol. The lowest BCUT2D eigenvalue weighted by atomic mass is 9.92. The lowest BCUT2D eigenvalue weighted by molar-refractivity contribution is -0.139. The third-order valence-corrected chi connectivity index (χ3v) is 5.78. The normalized spacial score (nSPS) is 19.3. The van der Waals surface area contributed by atoms with Gasteiger partial charge in [-0.2, -0.15) is 0 Å². The molecular weight excluding hydrogens is 426 g/mol. The Hall–Kier alpha value is -1.63. The van der Waals surface area contributed by atoms with Crippen molar-refractivity contribution in [2.45, 2.75) is 44.1 Å². The van der Waals surface area contributed by atoms with Crippen molar-refractivity contribution in [3.05, 3.63) is 64.1 Å². The van der Waals surface area contributed by atoms with Crippen molar-refractivity contribution in [2.24, 2.45) is 0 Å². The molecule has 1 aliphatic heterocycles. The number of nitrogens with zero attached hydrogens (tertiary/aromatic N) is 1. The standard InChI is InChI=1S/C21H22BrNO3S/c1-20(2,3)27-18(24)12-21(26)16-11-15(22)9-10-17(16)23(19(21)25)13-14-7-5-4-6-8-14/h4-11,26H,12-13H2,1-3H3/t21-/m1/s1. The van der Waals surface area contributed by atoms with Gasteiger partial charge < -0.3 is 10.0 Å². The molecule has 1 atom stereocenters. The summed E-state index contributed by atoms with van der Waals surface area (Å²) in [6.45, 7) is 6.14. The first-order valence-electron chi connectivity index (χ1n) is 8.70. The van der Waals surface area contributed by atoms with Gasteiger partial charge in [0.05, 0.1) is 18.7 Å². The predicted molar refractivity (Wildman–Crippen MR) is 113 cm³/mol. The number of aliphatic hydroxyl groups is 1. The molecule has 0 unspecified atom stereocenters. The molecule has 0 fully saturated rings. The van der Waals surface area contributed by atoms with Crippen LogP contribution < -0.4 is 4.90 Å². The Morgan fingerprint density at radius 2 is 1.85 bits per heavy atom. The topological polar surface area (TPSA) is 57.6 Å². The number of rotatable bonds is 4. The van der Waals surface area contributed by atoms with Crippen LogP contribution in [0.1, 0.15) is 38.3 Å². The fourth-order valence-corrected chi connectivity index (χ4v) is 4.53. The molecule has 0 aromatic heterocycles. The Kier molecular flexibility index (Phi) is 5.52. The van der Waals surface area contributed by atoms with Crippen molar-refractivity contribution in [3.8, 4) is 0 Å². The number of benzene rings is 2. The van der Waals surface area contributed by atoms with E-state index in [0.717, 1.165) is 21.8 Å². The lowest BCUT2D eigenvalue weighted by Crippen LogP contribution is -2.41. The molecule has 1 aliphatic rings. The van der Waals surface area contributed by atoms with E-state index in [0.29, 0.717) is 17.8 Å². The summed E-state index contributed by atoms with van der Waals surface area (Å²) in [5, 5.41) is 11.1. The van der Waals surface area contributed by atoms with Gasteiger partial charge in [0.15, 0.2) is 10.7 Å². The second kappa shape index (κ2) is 7.41. The molecule has 0 saturated carbocycles. The van der Waals surface area contributed by atoms with Crippen molar-refractivity contribution < 1.29 is 14.7 Å². The fraction of sp³-hybridized carbons (Fsp3) is 0.333. The smallest absolute Gasteiger partial charge is 0.264 e. The summed E-state index contributed by atoms with van der Waals surface area (Å²) >= 11 is 4.55. The molecule has 1 N–H and O–H groups in total. The van der Waals surface area contributed by atoms with E-state index in [1.807, 2.05) is 57.2 Å². The van der Waals surface area contributed by atoms with E-state index in [1.165, 1.54) is 0 Å². The first-order chi connectivity index (χ1) is 12.6. The van der Waals surface area contributed by atoms with Crippen LogP contribution in [-0.4, -0.2) is 20.9 Å². The third-order valence-electron chi connectivity index (χ3n) is 4.30. The van der Waals surface area contributed by atoms with Gasteiger partial charge in [-0.1, -0.05) is 78.8 Å². The summed E-state index contributed by atoms with van der Waals surface area (Å²) in [6.07, 6.45) is -0.248. The molecule has 27 heavy (non-hydrogen) atoms. The van der Waals surface area contributed by atoms with Gasteiger partial charge in [-0.25, -0.2) is 0 Å². The first-order valence-corrected chi connectivity index (χ1v) is 10.3. The second-order valence-electron chi connectivity index (χ2n) is 7.66. The maximum atomic E-state index is 13.2. The minimum Gasteiger partial charge on any atom is -0.375 e. The van der Waals surface area contributed by atoms with Gasteiger partial charge >= 0.3 is 0 Å². The molecule has 0 saturated heterocycles. The Morgan fingerprint density at radius 3 is 2.48 bits per heavy atom. The molecule has 0 spiro atoms. The summed E-state index contributed by atoms with van der Waals surface area (Å²) in [7, 11) is 0. The van der Waals surface area contributed by atoms with Gasteiger partial charge in [-0.05, 0) is 23.8 Å². The summed E-state index contributed by atoms with van der Waals surface area (Å²) < 4.78 is 0.476. The van der Waals surface area contributed by atoms with Crippen molar-refractivity contribution in [2.75, 3.05) is 4.90 Å². The number of hydrogen-bond donors (Lipinski definition) is 1. The summed E-state index contributed by atoms with van der Waals surface area (Å²) in [5.41, 5.74) is 0.228. The predicted octanol–water partition coefficient (Wildman–Crippen LogP) is 4.63. The van der Waals surface area contributed by atoms with Crippen molar-refractivity contribution in [3.63, 3.8) is 0 Å². The van der Waals surface area contributed by atoms with Gasteiger partial charge in [-0.3, -0.25) is 9.59 Å². The zero-order chi connectivity index (χ0) is 19.8. The quantitative estimate of drug-likeness (QED) is 0.741. The van der Waals surface area contributed by atoms with E-state index in [9.17, 15) is 14.7 Å². The average molecular weight is 448 g/mol. The fourth-order valence-electron chi connectivity index (χ4n) is 3.20. The minimum absolute atomic E-state index is 0.203. The van der Waals surface area contributed by atoms with Crippen LogP contribution in [0.4, 0.5) is 5.69 Å². The van der Waals surface area contributed by atoms with Crippen LogP contribution in [0.5, 0.6) is 0 Å². The number of halogens is 1. The van der Waals surface area contributed by atoms with Gasteiger partial charge in [0.2, 0.25) is 0 Å². The van der Waals surface area contributed by atoms with E-state index in [1.54, 1.807) is 17.0 Å². The second-order valence-corrected chi connectivity index (χ2v) is 10.5. The van der Waals surface area contributed by atoms with E-state index < -0.39 is 11.5 Å². The van der Waals surface area contributed by atoms with E-state index in [2.05, 4.69) is 15.9 Å². The molecule has 142 valence electrons. The molecule has 6 heteroatoms. The zero-order valence-electron chi connectivity index (χ0n) is 15.5. The lowest BCUT2D eigenvalue weighted by Gasteiger charge is -2.24. The molecule has 2 aromatic rings. The number of carbonyl (C=O) groups excluding carboxylic acids is 2. The highest BCUT2D eigenvalue weighted by molar-refractivity contribution is 9.10. The number of hydrogen-bond acceptors (Lipinski definition) is 4. The molecule has 0 radical (unpaired) electrons. The Bertz CT molecular complexity index is 879. The number of anilines is 1. The first kappa shape index (κ1) is 20.1. The summed E-state index contributed by atoms with van der Waals surface area (Å²) in [6, 6.07) is 15.0. The van der Waals surface area contributed by atoms with E-state index >= 15 is 0 Å². The Balaban J connectivity index is 1.97. The highest BCUT2D eigenvalue weighted by Crippen LogP contribution is 2.45. The van der Waals surface area contributed by atoms with Crippen molar-refractivity contribution >= 4 is 44.4 Å². The molecule has 0 aliphatic carbocycles. The van der Waals surface area contributed by atoms with Crippen LogP contribution in [0, 0.1) is 0 Å². The van der Waals surface area contributed by atoms with Gasteiger partial charge in [0, 0.05) is 14.8 Å². The Labute approximate surface area is 172 Å². The maximum absolute atomic E-state index is 13.2. The van der Waals surface area contributed by atoms with E-state index in [-0.39, 0.29) is 16.3 Å². The van der Waals surface area contributed by atoms with Crippen LogP contribution in [0.15, 0.2) is 53.0 Å². The van der Waals surface area contributed by atoms with Gasteiger partial charge in [0.25, 0.3) is 5.91 Å². The largest absolute Gasteiger partial charge is 0.375 e. The van der Waals surface area contributed by atoms with Crippen molar-refractivity contribution in [1.82, 2.24) is 0 Å². The zero-order valence-corrected chi connectivity index (χ0v) is 17.9. The van der Waals surface area contributed by atoms with Gasteiger partial charge in [0.1, 0.15) is 0 Å². The number of amides is 1. The van der Waals surface area contributed by atoms with Crippen LogP contribution in [0.2, 0.25) is 0 Å². The van der Waals surface area contributed by atoms with Crippen LogP contribution in [0.3, 0.4) is 0 Å². The number of carbonyl (C=O) groups is 2. The highest BCUT2D eigenvalue weighted by atomic mass is 79.9. The van der Waals surface area contributed by atoms with Gasteiger partial charge in [-0.15, -0.1) is 0 Å². The number of fused-ring (bicyclic) bond motifs is 1. The molecule has 3 rings (SSSR count). The van der Waals surface area contributed by atoms with Crippen LogP contribution >= 0.6 is 27.7 Å². The molecule has 1 heterocycles. The minimum atomic E-state index is -1.84. The third kappa shape index (κ3) is 4.28. The molecule has 4 nitrogen and oxygen atoms in total. The molecule has 0 bridgehead atoms. The van der Waals surface area contributed by atoms with Crippen LogP contribution in [0.25, 0.3) is 0 Å². The SMILES string of the molecule is CC(C)(C)SC(=O)C[C@]1(O)C(=O)N(Cc2ccccc2)c2ccc(Br)cc21. The average Bonchev–Trinajstić information content (AvgIpc) is 2.76. The van der Waals surface area contributed by atoms with E-state index in [4.69, 9.17) is 0 Å². The summed E-state index contributed by atoms with van der Waals surface area (Å²) in [5.74, 6) is -0.456. The number of thioether (sulfide) groups is 1. The molecule has 1 amide bonds. The van der Waals surface area contributed by atoms with Crippen molar-refractivity contribution in [1.29, 1.82) is 0 Å².